The van der Waals surface area contributed by atoms with Crippen molar-refractivity contribution in [3.05, 3.63) is 35.6 Å². The predicted octanol–water partition coefficient (Wildman–Crippen LogP) is 4.46. The molecule has 1 aromatic carbocycles. The highest BCUT2D eigenvalue weighted by Crippen LogP contribution is 2.55. The molecule has 1 atom stereocenters. The van der Waals surface area contributed by atoms with Crippen LogP contribution in [0.3, 0.4) is 0 Å². The summed E-state index contributed by atoms with van der Waals surface area (Å²) >= 11 is 0. The normalized spacial score (nSPS) is 14.8. The Morgan fingerprint density at radius 2 is 1.44 bits per heavy atom. The Bertz CT molecular complexity index is 897. The zero-order valence-electron chi connectivity index (χ0n) is 15.7. The number of esters is 1. The van der Waals surface area contributed by atoms with Crippen LogP contribution in [0.5, 0.6) is 0 Å². The fourth-order valence-electron chi connectivity index (χ4n) is 2.21. The van der Waals surface area contributed by atoms with E-state index < -0.39 is 57.7 Å². The summed E-state index contributed by atoms with van der Waals surface area (Å²) < 4.78 is 160. The Labute approximate surface area is 174 Å². The fourth-order valence-corrected chi connectivity index (χ4v) is 3.25. The molecule has 0 spiro atoms. The van der Waals surface area contributed by atoms with Gasteiger partial charge in [0.05, 0.1) is 7.11 Å². The molecule has 1 aromatic rings. The largest absolute Gasteiger partial charge is 0.467 e. The molecule has 0 aliphatic heterocycles. The molecule has 0 aliphatic carbocycles. The molecule has 0 aromatic heterocycles. The number of methoxy groups -OCH3 is 1. The second-order valence-corrected chi connectivity index (χ2v) is 7.86. The van der Waals surface area contributed by atoms with E-state index in [0.29, 0.717) is 12.7 Å². The molecule has 0 aliphatic rings. The van der Waals surface area contributed by atoms with Crippen molar-refractivity contribution < 1.29 is 66.0 Å². The maximum atomic E-state index is 13.7. The van der Waals surface area contributed by atoms with Gasteiger partial charge in [-0.15, -0.1) is 0 Å². The van der Waals surface area contributed by atoms with Crippen molar-refractivity contribution in [2.24, 2.45) is 0 Å². The van der Waals surface area contributed by atoms with Gasteiger partial charge in [0, 0.05) is 0 Å². The Morgan fingerprint density at radius 3 is 1.88 bits per heavy atom. The molecule has 0 fully saturated rings. The Kier molecular flexibility index (Phi) is 8.21. The van der Waals surface area contributed by atoms with E-state index >= 15 is 0 Å². The zero-order chi connectivity index (χ0) is 25.2. The molecule has 16 heteroatoms. The van der Waals surface area contributed by atoms with Gasteiger partial charge in [0.25, 0.3) is 0 Å². The fraction of sp³-hybridized carbons (Fsp3) is 0.562. The highest BCUT2D eigenvalue weighted by atomic mass is 32.2. The van der Waals surface area contributed by atoms with E-state index in [2.05, 4.69) is 8.92 Å². The van der Waals surface area contributed by atoms with Crippen LogP contribution in [0, 0.1) is 5.82 Å². The van der Waals surface area contributed by atoms with Crippen molar-refractivity contribution in [1.82, 2.24) is 0 Å². The van der Waals surface area contributed by atoms with Crippen LogP contribution in [-0.2, 0) is 30.3 Å². The smallest absolute Gasteiger partial charge is 0.460 e. The summed E-state index contributed by atoms with van der Waals surface area (Å²) in [5.74, 6) is -17.3. The third-order valence-corrected chi connectivity index (χ3v) is 5.35. The number of hydrogen-bond donors (Lipinski definition) is 0. The van der Waals surface area contributed by atoms with Gasteiger partial charge in [0.1, 0.15) is 5.82 Å². The van der Waals surface area contributed by atoms with Crippen LogP contribution in [0.15, 0.2) is 24.3 Å². The highest BCUT2D eigenvalue weighted by Gasteiger charge is 2.86. The number of aryl methyl sites for hydroxylation is 1. The highest BCUT2D eigenvalue weighted by molar-refractivity contribution is 7.87. The molecule has 0 saturated heterocycles. The molecule has 0 heterocycles. The van der Waals surface area contributed by atoms with Crippen molar-refractivity contribution in [1.29, 1.82) is 0 Å². The number of benzene rings is 1. The lowest BCUT2D eigenvalue weighted by molar-refractivity contribution is -0.382. The van der Waals surface area contributed by atoms with Gasteiger partial charge < -0.3 is 4.74 Å². The summed E-state index contributed by atoms with van der Waals surface area (Å²) in [6.45, 7) is 0. The SMILES string of the molecule is COC(=O)C(CCCc1ccc(F)cc1)OS(=O)(=O)C(F)(F)C(F)(F)C(F)(F)C(F)(F)F. The second-order valence-electron chi connectivity index (χ2n) is 6.24. The first kappa shape index (κ1) is 27.9. The number of rotatable bonds is 10. The van der Waals surface area contributed by atoms with Crippen molar-refractivity contribution in [2.75, 3.05) is 7.11 Å². The number of hydrogen-bond acceptors (Lipinski definition) is 5. The Balaban J connectivity index is 3.11. The van der Waals surface area contributed by atoms with Gasteiger partial charge in [-0.2, -0.15) is 47.9 Å². The molecular formula is C16H14F10O5S. The second kappa shape index (κ2) is 9.41. The quantitative estimate of drug-likeness (QED) is 0.265. The van der Waals surface area contributed by atoms with Crippen molar-refractivity contribution >= 4 is 16.1 Å². The average Bonchev–Trinajstić information content (AvgIpc) is 2.66. The van der Waals surface area contributed by atoms with Crippen molar-refractivity contribution in [2.45, 2.75) is 48.6 Å². The van der Waals surface area contributed by atoms with Crippen LogP contribution >= 0.6 is 0 Å². The van der Waals surface area contributed by atoms with E-state index in [1.54, 1.807) is 0 Å². The molecule has 0 saturated carbocycles. The minimum Gasteiger partial charge on any atom is -0.467 e. The predicted molar refractivity (Wildman–Crippen MR) is 86.0 cm³/mol. The molecule has 1 unspecified atom stereocenters. The van der Waals surface area contributed by atoms with E-state index in [4.69, 9.17) is 0 Å². The number of carbonyl (C=O) groups is 1. The van der Waals surface area contributed by atoms with E-state index in [9.17, 15) is 57.1 Å². The molecule has 1 rings (SSSR count). The standard InChI is InChI=1S/C16H14F10O5S/c1-30-12(27)11(4-2-3-9-5-7-10(17)8-6-9)31-32(28,29)16(25,26)14(20,21)13(18,19)15(22,23)24/h5-8,11H,2-4H2,1H3. The lowest BCUT2D eigenvalue weighted by Crippen LogP contribution is -2.63. The number of ether oxygens (including phenoxy) is 1. The summed E-state index contributed by atoms with van der Waals surface area (Å²) in [6, 6.07) is 4.57. The topological polar surface area (TPSA) is 69.7 Å². The molecule has 0 N–H and O–H groups in total. The van der Waals surface area contributed by atoms with E-state index in [0.717, 1.165) is 12.1 Å². The minimum absolute atomic E-state index is 0.0458. The summed E-state index contributed by atoms with van der Waals surface area (Å²) in [5, 5.41) is -7.09. The number of halogens is 10. The molecule has 0 bridgehead atoms. The average molecular weight is 508 g/mol. The monoisotopic (exact) mass is 508 g/mol. The van der Waals surface area contributed by atoms with Gasteiger partial charge in [-0.3, -0.25) is 4.18 Å². The first-order valence-corrected chi connectivity index (χ1v) is 9.68. The van der Waals surface area contributed by atoms with Crippen LogP contribution in [-0.4, -0.2) is 50.9 Å². The molecule has 0 radical (unpaired) electrons. The minimum atomic E-state index is -7.49. The van der Waals surface area contributed by atoms with Crippen LogP contribution < -0.4 is 0 Å². The summed E-state index contributed by atoms with van der Waals surface area (Å²) in [5.41, 5.74) is 0.402. The first-order valence-electron chi connectivity index (χ1n) is 8.27. The molecule has 0 amide bonds. The van der Waals surface area contributed by atoms with Crippen molar-refractivity contribution in [3.8, 4) is 0 Å². The zero-order valence-corrected chi connectivity index (χ0v) is 16.6. The molecule has 5 nitrogen and oxygen atoms in total. The maximum absolute atomic E-state index is 13.7. The van der Waals surface area contributed by atoms with E-state index in [-0.39, 0.29) is 12.8 Å². The van der Waals surface area contributed by atoms with Gasteiger partial charge in [0.15, 0.2) is 6.10 Å². The maximum Gasteiger partial charge on any atom is 0.460 e. The number of alkyl halides is 9. The number of carbonyl (C=O) groups excluding carboxylic acids is 1. The van der Waals surface area contributed by atoms with Gasteiger partial charge in [0.2, 0.25) is 0 Å². The van der Waals surface area contributed by atoms with Crippen LogP contribution in [0.4, 0.5) is 43.9 Å². The lowest BCUT2D eigenvalue weighted by atomic mass is 10.1. The first-order chi connectivity index (χ1) is 14.3. The van der Waals surface area contributed by atoms with Gasteiger partial charge in [-0.05, 0) is 37.0 Å². The Morgan fingerprint density at radius 1 is 0.938 bits per heavy atom. The van der Waals surface area contributed by atoms with Gasteiger partial charge in [-0.25, -0.2) is 9.18 Å². The van der Waals surface area contributed by atoms with Crippen molar-refractivity contribution in [3.63, 3.8) is 0 Å². The van der Waals surface area contributed by atoms with Crippen LogP contribution in [0.2, 0.25) is 0 Å². The molecule has 32 heavy (non-hydrogen) atoms. The Hall–Kier alpha value is -2.10. The summed E-state index contributed by atoms with van der Waals surface area (Å²) in [7, 11) is -6.62. The van der Waals surface area contributed by atoms with E-state index in [1.165, 1.54) is 12.1 Å². The molecule has 184 valence electrons. The van der Waals surface area contributed by atoms with Crippen LogP contribution in [0.25, 0.3) is 0 Å². The lowest BCUT2D eigenvalue weighted by Gasteiger charge is -2.33. The molecular weight excluding hydrogens is 494 g/mol. The third-order valence-electron chi connectivity index (χ3n) is 3.98. The van der Waals surface area contributed by atoms with E-state index in [1.807, 2.05) is 0 Å². The van der Waals surface area contributed by atoms with Gasteiger partial charge >= 0.3 is 39.4 Å². The van der Waals surface area contributed by atoms with Crippen LogP contribution in [0.1, 0.15) is 18.4 Å². The summed E-state index contributed by atoms with van der Waals surface area (Å²) in [4.78, 5) is 11.6. The summed E-state index contributed by atoms with van der Waals surface area (Å²) in [6.07, 6.45) is -11.0. The third kappa shape index (κ3) is 5.44. The van der Waals surface area contributed by atoms with Gasteiger partial charge in [-0.1, -0.05) is 12.1 Å².